The molecular weight excluding hydrogens is 470 g/mol. The average Bonchev–Trinajstić information content (AvgIpc) is 3.60. The summed E-state index contributed by atoms with van der Waals surface area (Å²) in [7, 11) is 0. The number of benzene rings is 1. The Kier molecular flexibility index (Phi) is 7.75. The number of aliphatic carboxylic acids is 1. The fourth-order valence-electron chi connectivity index (χ4n) is 6.36. The van der Waals surface area contributed by atoms with Gasteiger partial charge in [0.05, 0.1) is 17.5 Å². The first-order chi connectivity index (χ1) is 17.5. The number of nitrogens with one attached hydrogen (secondary N) is 1. The van der Waals surface area contributed by atoms with E-state index in [0.29, 0.717) is 23.4 Å². The predicted molar refractivity (Wildman–Crippen MR) is 144 cm³/mol. The fourth-order valence-corrected chi connectivity index (χ4v) is 7.06. The molecule has 2 aliphatic rings. The first-order valence-electron chi connectivity index (χ1n) is 13.5. The third-order valence-electron chi connectivity index (χ3n) is 8.18. The summed E-state index contributed by atoms with van der Waals surface area (Å²) >= 11 is 1.75. The van der Waals surface area contributed by atoms with Crippen molar-refractivity contribution in [2.45, 2.75) is 89.6 Å². The highest BCUT2D eigenvalue weighted by atomic mass is 32.1. The summed E-state index contributed by atoms with van der Waals surface area (Å²) in [6, 6.07) is 10.1. The molecule has 5 rings (SSSR count). The first kappa shape index (κ1) is 25.0. The van der Waals surface area contributed by atoms with E-state index in [1.165, 1.54) is 37.0 Å². The maximum Gasteiger partial charge on any atom is 0.305 e. The van der Waals surface area contributed by atoms with Crippen LogP contribution < -0.4 is 5.32 Å². The Balaban J connectivity index is 1.42. The lowest BCUT2D eigenvalue weighted by Crippen LogP contribution is -2.37. The largest absolute Gasteiger partial charge is 0.481 e. The molecule has 2 aromatic heterocycles. The zero-order valence-electron chi connectivity index (χ0n) is 21.1. The summed E-state index contributed by atoms with van der Waals surface area (Å²) < 4.78 is 2.44. The molecule has 192 valence electrons. The Morgan fingerprint density at radius 1 is 1.14 bits per heavy atom. The van der Waals surface area contributed by atoms with E-state index in [4.69, 9.17) is 4.98 Å². The SMILES string of the molecule is C[C@@H]1CCCC[C@H]1n1c(Cc2cccs2)nc2cc(C(=O)NC(CC(=O)O)CC3CCCC3)ccc21. The van der Waals surface area contributed by atoms with Crippen molar-refractivity contribution >= 4 is 34.2 Å². The van der Waals surface area contributed by atoms with Crippen molar-refractivity contribution in [1.82, 2.24) is 14.9 Å². The molecule has 2 aliphatic carbocycles. The molecule has 2 N–H and O–H groups in total. The lowest BCUT2D eigenvalue weighted by atomic mass is 9.85. The van der Waals surface area contributed by atoms with Gasteiger partial charge in [0.1, 0.15) is 5.82 Å². The lowest BCUT2D eigenvalue weighted by Gasteiger charge is -2.31. The van der Waals surface area contributed by atoms with Gasteiger partial charge in [-0.15, -0.1) is 11.3 Å². The average molecular weight is 508 g/mol. The zero-order chi connectivity index (χ0) is 25.1. The number of thiophene rings is 1. The van der Waals surface area contributed by atoms with Crippen molar-refractivity contribution in [3.8, 4) is 0 Å². The number of nitrogens with zero attached hydrogens (tertiary/aromatic N) is 2. The van der Waals surface area contributed by atoms with E-state index in [1.54, 1.807) is 11.3 Å². The van der Waals surface area contributed by atoms with Crippen molar-refractivity contribution in [1.29, 1.82) is 0 Å². The Bertz CT molecular complexity index is 1200. The minimum absolute atomic E-state index is 0.0381. The number of hydrogen-bond donors (Lipinski definition) is 2. The Morgan fingerprint density at radius 3 is 2.64 bits per heavy atom. The molecule has 7 heteroatoms. The normalized spacial score (nSPS) is 21.6. The molecular formula is C29H37N3O3S. The second kappa shape index (κ2) is 11.2. The minimum atomic E-state index is -0.868. The molecule has 0 spiro atoms. The van der Waals surface area contributed by atoms with Gasteiger partial charge in [0.15, 0.2) is 0 Å². The molecule has 0 bridgehead atoms. The molecule has 1 amide bonds. The van der Waals surface area contributed by atoms with Gasteiger partial charge >= 0.3 is 5.97 Å². The molecule has 1 unspecified atom stereocenters. The van der Waals surface area contributed by atoms with Gasteiger partial charge in [-0.3, -0.25) is 9.59 Å². The number of carbonyl (C=O) groups is 2. The highest BCUT2D eigenvalue weighted by Crippen LogP contribution is 2.37. The maximum absolute atomic E-state index is 13.2. The standard InChI is InChI=1S/C29H37N3O3S/c1-19-7-2-5-11-25(19)32-26-13-12-21(16-24(26)31-27(32)18-23-10-6-14-36-23)29(35)30-22(17-28(33)34)15-20-8-3-4-9-20/h6,10,12-14,16,19-20,22,25H,2-5,7-9,11,15,17-18H2,1H3,(H,30,35)(H,33,34)/t19-,22?,25-/m1/s1. The summed E-state index contributed by atoms with van der Waals surface area (Å²) in [5.74, 6) is 1.08. The predicted octanol–water partition coefficient (Wildman–Crippen LogP) is 6.59. The lowest BCUT2D eigenvalue weighted by molar-refractivity contribution is -0.137. The highest BCUT2D eigenvalue weighted by molar-refractivity contribution is 7.09. The number of carboxylic acid groups (broad SMARTS) is 1. The third kappa shape index (κ3) is 5.66. The summed E-state index contributed by atoms with van der Waals surface area (Å²) in [5.41, 5.74) is 2.48. The second-order valence-electron chi connectivity index (χ2n) is 10.8. The highest BCUT2D eigenvalue weighted by Gasteiger charge is 2.28. The van der Waals surface area contributed by atoms with Crippen LogP contribution in [0.4, 0.5) is 0 Å². The molecule has 3 aromatic rings. The van der Waals surface area contributed by atoms with E-state index in [1.807, 2.05) is 18.2 Å². The van der Waals surface area contributed by atoms with Crippen molar-refractivity contribution in [3.05, 3.63) is 52.0 Å². The summed E-state index contributed by atoms with van der Waals surface area (Å²) in [6.07, 6.45) is 11.1. The maximum atomic E-state index is 13.2. The van der Waals surface area contributed by atoms with Crippen LogP contribution in [-0.4, -0.2) is 32.6 Å². The van der Waals surface area contributed by atoms with Gasteiger partial charge in [-0.1, -0.05) is 51.5 Å². The van der Waals surface area contributed by atoms with Crippen LogP contribution in [0.3, 0.4) is 0 Å². The number of carboxylic acids is 1. The number of fused-ring (bicyclic) bond motifs is 1. The second-order valence-corrected chi connectivity index (χ2v) is 11.9. The molecule has 2 fully saturated rings. The fraction of sp³-hybridized carbons (Fsp3) is 0.552. The zero-order valence-corrected chi connectivity index (χ0v) is 21.9. The van der Waals surface area contributed by atoms with E-state index in [0.717, 1.165) is 49.0 Å². The number of rotatable bonds is 9. The van der Waals surface area contributed by atoms with Crippen LogP contribution in [0.1, 0.15) is 98.2 Å². The number of imidazole rings is 1. The van der Waals surface area contributed by atoms with Gasteiger partial charge in [-0.05, 0) is 60.7 Å². The van der Waals surface area contributed by atoms with E-state index in [9.17, 15) is 14.7 Å². The quantitative estimate of drug-likeness (QED) is 0.342. The molecule has 0 radical (unpaired) electrons. The number of carbonyl (C=O) groups excluding carboxylic acids is 1. The van der Waals surface area contributed by atoms with E-state index in [-0.39, 0.29) is 18.4 Å². The molecule has 36 heavy (non-hydrogen) atoms. The van der Waals surface area contributed by atoms with Gasteiger partial charge in [0.25, 0.3) is 5.91 Å². The number of amides is 1. The van der Waals surface area contributed by atoms with Gasteiger partial charge in [-0.25, -0.2) is 4.98 Å². The van der Waals surface area contributed by atoms with Crippen LogP contribution in [0.2, 0.25) is 0 Å². The van der Waals surface area contributed by atoms with Crippen LogP contribution in [-0.2, 0) is 11.2 Å². The Labute approximate surface area is 217 Å². The van der Waals surface area contributed by atoms with Crippen LogP contribution in [0.15, 0.2) is 35.7 Å². The topological polar surface area (TPSA) is 84.2 Å². The Morgan fingerprint density at radius 2 is 1.92 bits per heavy atom. The number of hydrogen-bond acceptors (Lipinski definition) is 4. The summed E-state index contributed by atoms with van der Waals surface area (Å²) in [5, 5.41) is 14.5. The molecule has 2 heterocycles. The van der Waals surface area contributed by atoms with E-state index >= 15 is 0 Å². The van der Waals surface area contributed by atoms with Crippen molar-refractivity contribution in [2.24, 2.45) is 11.8 Å². The monoisotopic (exact) mass is 507 g/mol. The van der Waals surface area contributed by atoms with Crippen molar-refractivity contribution < 1.29 is 14.7 Å². The smallest absolute Gasteiger partial charge is 0.305 e. The van der Waals surface area contributed by atoms with E-state index in [2.05, 4.69) is 34.3 Å². The van der Waals surface area contributed by atoms with Crippen LogP contribution in [0.25, 0.3) is 11.0 Å². The molecule has 6 nitrogen and oxygen atoms in total. The van der Waals surface area contributed by atoms with Crippen molar-refractivity contribution in [2.75, 3.05) is 0 Å². The van der Waals surface area contributed by atoms with Gasteiger partial charge in [0, 0.05) is 28.9 Å². The van der Waals surface area contributed by atoms with Gasteiger partial charge in [-0.2, -0.15) is 0 Å². The molecule has 0 aliphatic heterocycles. The van der Waals surface area contributed by atoms with Crippen LogP contribution in [0.5, 0.6) is 0 Å². The Hall–Kier alpha value is -2.67. The van der Waals surface area contributed by atoms with Gasteiger partial charge in [0.2, 0.25) is 0 Å². The first-order valence-corrected chi connectivity index (χ1v) is 14.4. The third-order valence-corrected chi connectivity index (χ3v) is 9.06. The molecule has 0 saturated heterocycles. The van der Waals surface area contributed by atoms with E-state index < -0.39 is 5.97 Å². The number of aromatic nitrogens is 2. The van der Waals surface area contributed by atoms with Crippen LogP contribution >= 0.6 is 11.3 Å². The summed E-state index contributed by atoms with van der Waals surface area (Å²) in [6.45, 7) is 2.35. The van der Waals surface area contributed by atoms with Crippen molar-refractivity contribution in [3.63, 3.8) is 0 Å². The summed E-state index contributed by atoms with van der Waals surface area (Å²) in [4.78, 5) is 31.0. The minimum Gasteiger partial charge on any atom is -0.481 e. The molecule has 2 saturated carbocycles. The molecule has 3 atom stereocenters. The molecule has 1 aromatic carbocycles. The van der Waals surface area contributed by atoms with Gasteiger partial charge < -0.3 is 15.0 Å². The van der Waals surface area contributed by atoms with Crippen LogP contribution in [0, 0.1) is 11.8 Å².